The summed E-state index contributed by atoms with van der Waals surface area (Å²) in [5.41, 5.74) is 9.28. The van der Waals surface area contributed by atoms with Crippen molar-refractivity contribution in [1.29, 1.82) is 0 Å². The number of anilines is 1. The molecule has 0 radical (unpaired) electrons. The van der Waals surface area contributed by atoms with Crippen LogP contribution in [0.15, 0.2) is 23.7 Å². The van der Waals surface area contributed by atoms with Crippen molar-refractivity contribution < 1.29 is 4.79 Å². The van der Waals surface area contributed by atoms with E-state index < -0.39 is 0 Å². The highest BCUT2D eigenvalue weighted by atomic mass is 35.5. The molecule has 1 aromatic heterocycles. The second-order valence-corrected chi connectivity index (χ2v) is 5.57. The molecule has 0 atom stereocenters. The Morgan fingerprint density at radius 1 is 1.53 bits per heavy atom. The average Bonchev–Trinajstić information content (AvgIpc) is 2.74. The summed E-state index contributed by atoms with van der Waals surface area (Å²) in [5, 5.41) is 0.373. The van der Waals surface area contributed by atoms with Crippen molar-refractivity contribution in [1.82, 2.24) is 9.88 Å². The predicted molar refractivity (Wildman–Crippen MR) is 78.5 cm³/mol. The minimum atomic E-state index is -0.184. The molecule has 0 aliphatic carbocycles. The lowest BCUT2D eigenvalue weighted by Gasteiger charge is -2.18. The molecule has 1 aromatic carbocycles. The van der Waals surface area contributed by atoms with Gasteiger partial charge in [0, 0.05) is 17.6 Å². The molecule has 2 aromatic rings. The molecule has 4 nitrogen and oxygen atoms in total. The Morgan fingerprint density at radius 3 is 2.84 bits per heavy atom. The summed E-state index contributed by atoms with van der Waals surface area (Å²) in [6.07, 6.45) is 0. The van der Waals surface area contributed by atoms with Gasteiger partial charge in [0.25, 0.3) is 5.91 Å². The number of thiazole rings is 1. The number of carbonyl (C=O) groups is 1. The van der Waals surface area contributed by atoms with Gasteiger partial charge in [-0.3, -0.25) is 4.79 Å². The van der Waals surface area contributed by atoms with Crippen LogP contribution in [0.3, 0.4) is 0 Å². The molecule has 19 heavy (non-hydrogen) atoms. The molecule has 6 heteroatoms. The van der Waals surface area contributed by atoms with Crippen molar-refractivity contribution in [3.63, 3.8) is 0 Å². The van der Waals surface area contributed by atoms with Gasteiger partial charge in [-0.05, 0) is 19.1 Å². The first-order valence-corrected chi connectivity index (χ1v) is 6.95. The number of amides is 1. The summed E-state index contributed by atoms with van der Waals surface area (Å²) in [6, 6.07) is 5.06. The van der Waals surface area contributed by atoms with Crippen molar-refractivity contribution in [2.75, 3.05) is 12.8 Å². The number of nitrogens with zero attached hydrogens (tertiary/aromatic N) is 2. The Labute approximate surface area is 120 Å². The number of nitrogens with two attached hydrogens (primary N) is 1. The van der Waals surface area contributed by atoms with Gasteiger partial charge in [0.05, 0.1) is 28.3 Å². The maximum atomic E-state index is 12.4. The Hall–Kier alpha value is -1.59. The quantitative estimate of drug-likeness (QED) is 0.886. The largest absolute Gasteiger partial charge is 0.398 e. The molecule has 1 heterocycles. The predicted octanol–water partition coefficient (Wildman–Crippen LogP) is 2.96. The third kappa shape index (κ3) is 2.88. The standard InChI is InChI=1S/C13H14ClN3OS/c1-8-11(19-7-16-8)6-17(2)13(18)12-9(14)4-3-5-10(12)15/h3-5,7H,6,15H2,1-2H3. The Bertz CT molecular complexity index is 591. The monoisotopic (exact) mass is 295 g/mol. The molecular weight excluding hydrogens is 282 g/mol. The molecule has 0 aliphatic heterocycles. The van der Waals surface area contributed by atoms with E-state index in [0.29, 0.717) is 22.8 Å². The van der Waals surface area contributed by atoms with Gasteiger partial charge < -0.3 is 10.6 Å². The van der Waals surface area contributed by atoms with Crippen LogP contribution in [0.4, 0.5) is 5.69 Å². The van der Waals surface area contributed by atoms with Gasteiger partial charge in [0.15, 0.2) is 0 Å². The zero-order valence-corrected chi connectivity index (χ0v) is 12.3. The fraction of sp³-hybridized carbons (Fsp3) is 0.231. The van der Waals surface area contributed by atoms with Gasteiger partial charge >= 0.3 is 0 Å². The Morgan fingerprint density at radius 2 is 2.26 bits per heavy atom. The highest BCUT2D eigenvalue weighted by molar-refractivity contribution is 7.09. The number of benzene rings is 1. The van der Waals surface area contributed by atoms with Crippen molar-refractivity contribution >= 4 is 34.5 Å². The summed E-state index contributed by atoms with van der Waals surface area (Å²) < 4.78 is 0. The summed E-state index contributed by atoms with van der Waals surface area (Å²) in [6.45, 7) is 2.42. The number of nitrogen functional groups attached to an aromatic ring is 1. The van der Waals surface area contributed by atoms with Crippen LogP contribution >= 0.6 is 22.9 Å². The molecule has 0 unspecified atom stereocenters. The van der Waals surface area contributed by atoms with Crippen LogP contribution in [-0.2, 0) is 6.54 Å². The molecule has 1 amide bonds. The molecule has 0 saturated heterocycles. The third-order valence-electron chi connectivity index (χ3n) is 2.83. The SMILES string of the molecule is Cc1ncsc1CN(C)C(=O)c1c(N)cccc1Cl. The molecule has 0 spiro atoms. The Balaban J connectivity index is 2.22. The smallest absolute Gasteiger partial charge is 0.257 e. The van der Waals surface area contributed by atoms with Crippen LogP contribution in [0, 0.1) is 6.92 Å². The fourth-order valence-electron chi connectivity index (χ4n) is 1.72. The van der Waals surface area contributed by atoms with Gasteiger partial charge in [-0.1, -0.05) is 17.7 Å². The first-order chi connectivity index (χ1) is 9.00. The van der Waals surface area contributed by atoms with E-state index in [1.165, 1.54) is 11.3 Å². The number of aryl methyl sites for hydroxylation is 1. The number of halogens is 1. The van der Waals surface area contributed by atoms with Crippen LogP contribution in [-0.4, -0.2) is 22.8 Å². The molecule has 100 valence electrons. The van der Waals surface area contributed by atoms with Crippen LogP contribution < -0.4 is 5.73 Å². The van der Waals surface area contributed by atoms with E-state index in [1.807, 2.05) is 6.92 Å². The van der Waals surface area contributed by atoms with Gasteiger partial charge in [-0.15, -0.1) is 11.3 Å². The highest BCUT2D eigenvalue weighted by Gasteiger charge is 2.19. The molecule has 2 N–H and O–H groups in total. The lowest BCUT2D eigenvalue weighted by atomic mass is 10.1. The van der Waals surface area contributed by atoms with E-state index in [2.05, 4.69) is 4.98 Å². The van der Waals surface area contributed by atoms with Gasteiger partial charge in [0.1, 0.15) is 0 Å². The summed E-state index contributed by atoms with van der Waals surface area (Å²) in [7, 11) is 1.73. The normalized spacial score (nSPS) is 10.5. The molecule has 0 fully saturated rings. The molecular formula is C13H14ClN3OS. The summed E-state index contributed by atoms with van der Waals surface area (Å²) in [4.78, 5) is 19.2. The number of rotatable bonds is 3. The topological polar surface area (TPSA) is 59.2 Å². The summed E-state index contributed by atoms with van der Waals surface area (Å²) >= 11 is 7.57. The van der Waals surface area contributed by atoms with Crippen LogP contribution in [0.1, 0.15) is 20.9 Å². The Kier molecular flexibility index (Phi) is 4.07. The zero-order valence-electron chi connectivity index (χ0n) is 10.7. The van der Waals surface area contributed by atoms with Crippen molar-refractivity contribution in [2.45, 2.75) is 13.5 Å². The van der Waals surface area contributed by atoms with Gasteiger partial charge in [-0.2, -0.15) is 0 Å². The third-order valence-corrected chi connectivity index (χ3v) is 4.07. The molecule has 0 aliphatic rings. The van der Waals surface area contributed by atoms with E-state index >= 15 is 0 Å². The number of hydrogen-bond acceptors (Lipinski definition) is 4. The maximum Gasteiger partial charge on any atom is 0.257 e. The average molecular weight is 296 g/mol. The fourth-order valence-corrected chi connectivity index (χ4v) is 2.81. The summed E-state index contributed by atoms with van der Waals surface area (Å²) in [5.74, 6) is -0.184. The minimum absolute atomic E-state index is 0.184. The highest BCUT2D eigenvalue weighted by Crippen LogP contribution is 2.24. The lowest BCUT2D eigenvalue weighted by molar-refractivity contribution is 0.0787. The maximum absolute atomic E-state index is 12.4. The first kappa shape index (κ1) is 13.8. The van der Waals surface area contributed by atoms with E-state index in [-0.39, 0.29) is 5.91 Å². The molecule has 0 saturated carbocycles. The second kappa shape index (κ2) is 5.59. The van der Waals surface area contributed by atoms with Crippen molar-refractivity contribution in [2.24, 2.45) is 0 Å². The molecule has 2 rings (SSSR count). The van der Waals surface area contributed by atoms with Crippen molar-refractivity contribution in [3.8, 4) is 0 Å². The second-order valence-electron chi connectivity index (χ2n) is 4.23. The van der Waals surface area contributed by atoms with Crippen molar-refractivity contribution in [3.05, 3.63) is 44.9 Å². The van der Waals surface area contributed by atoms with E-state index in [4.69, 9.17) is 17.3 Å². The zero-order chi connectivity index (χ0) is 14.0. The minimum Gasteiger partial charge on any atom is -0.398 e. The van der Waals surface area contributed by atoms with Gasteiger partial charge in [0.2, 0.25) is 0 Å². The van der Waals surface area contributed by atoms with Gasteiger partial charge in [-0.25, -0.2) is 4.98 Å². The number of carbonyl (C=O) groups excluding carboxylic acids is 1. The van der Waals surface area contributed by atoms with E-state index in [0.717, 1.165) is 10.6 Å². The van der Waals surface area contributed by atoms with Crippen LogP contribution in [0.5, 0.6) is 0 Å². The van der Waals surface area contributed by atoms with E-state index in [1.54, 1.807) is 35.7 Å². The van der Waals surface area contributed by atoms with E-state index in [9.17, 15) is 4.79 Å². The number of hydrogen-bond donors (Lipinski definition) is 1. The lowest BCUT2D eigenvalue weighted by Crippen LogP contribution is -2.27. The molecule has 0 bridgehead atoms. The van der Waals surface area contributed by atoms with Crippen LogP contribution in [0.25, 0.3) is 0 Å². The number of aromatic nitrogens is 1. The first-order valence-electron chi connectivity index (χ1n) is 5.69. The van der Waals surface area contributed by atoms with Crippen LogP contribution in [0.2, 0.25) is 5.02 Å².